The molecule has 0 saturated carbocycles. The molecule has 0 bridgehead atoms. The van der Waals surface area contributed by atoms with Crippen LogP contribution in [0.1, 0.15) is 32.9 Å². The molecule has 0 radical (unpaired) electrons. The Bertz CT molecular complexity index is 863. The van der Waals surface area contributed by atoms with E-state index in [0.717, 1.165) is 11.3 Å². The lowest BCUT2D eigenvalue weighted by Crippen LogP contribution is -2.44. The zero-order valence-electron chi connectivity index (χ0n) is 16.6. The zero-order valence-corrected chi connectivity index (χ0v) is 19.7. The quantitative estimate of drug-likeness (QED) is 0.246. The molecule has 0 aliphatic heterocycles. The molecule has 31 heavy (non-hydrogen) atoms. The number of rotatable bonds is 7. The van der Waals surface area contributed by atoms with Gasteiger partial charge in [0, 0.05) is 18.5 Å². The Morgan fingerprint density at radius 1 is 1.23 bits per heavy atom. The van der Waals surface area contributed by atoms with Crippen molar-refractivity contribution < 1.29 is 29.0 Å². The summed E-state index contributed by atoms with van der Waals surface area (Å²) < 4.78 is 2.82. The van der Waals surface area contributed by atoms with E-state index in [1.807, 2.05) is 5.32 Å². The van der Waals surface area contributed by atoms with E-state index in [1.54, 1.807) is 20.8 Å². The van der Waals surface area contributed by atoms with Crippen molar-refractivity contribution in [1.29, 1.82) is 0 Å². The molecule has 0 unspecified atom stereocenters. The molecule has 0 aliphatic carbocycles. The monoisotopic (exact) mass is 515 g/mol. The molecule has 1 rings (SSSR count). The number of alkyl halides is 3. The van der Waals surface area contributed by atoms with E-state index >= 15 is 0 Å². The van der Waals surface area contributed by atoms with E-state index in [2.05, 4.69) is 20.6 Å². The summed E-state index contributed by atoms with van der Waals surface area (Å²) in [6.45, 7) is 5.20. The van der Waals surface area contributed by atoms with Gasteiger partial charge in [-0.3, -0.25) is 20.4 Å². The second-order valence-electron chi connectivity index (χ2n) is 6.76. The minimum absolute atomic E-state index is 0.0344. The van der Waals surface area contributed by atoms with Crippen molar-refractivity contribution in [2.75, 3.05) is 18.4 Å². The number of amides is 4. The Labute approximate surface area is 196 Å². The molecule has 4 amide bonds. The highest BCUT2D eigenvalue weighted by Gasteiger charge is 2.31. The molecule has 0 aliphatic rings. The summed E-state index contributed by atoms with van der Waals surface area (Å²) in [6, 6.07) is -0.879. The fraction of sp³-hybridized carbons (Fsp3) is 0.500. The van der Waals surface area contributed by atoms with Crippen molar-refractivity contribution in [2.24, 2.45) is 4.99 Å². The molecule has 1 aromatic heterocycles. The maximum atomic E-state index is 11.8. The Kier molecular flexibility index (Phi) is 9.94. The molecule has 1 heterocycles. The molecule has 15 heteroatoms. The van der Waals surface area contributed by atoms with Crippen LogP contribution < -0.4 is 16.0 Å². The van der Waals surface area contributed by atoms with Gasteiger partial charge in [0.2, 0.25) is 0 Å². The number of aliphatic carboxylic acids is 1. The van der Waals surface area contributed by atoms with E-state index in [0.29, 0.717) is 0 Å². The standard InChI is InChI=1S/C16H20Cl3N5O6S/c1-15(2,3)30-14(29)24-13-22-8(7-31-13)9(10(25)26)20-5-4-6-21-12(28)23-11(27)16(17,18)19/h7H,4-6H2,1-3H3,(H,25,26)(H,22,24,29)(H2,21,23,27,28)/b20-9-. The van der Waals surface area contributed by atoms with Crippen molar-refractivity contribution in [1.82, 2.24) is 15.6 Å². The van der Waals surface area contributed by atoms with Crippen LogP contribution in [0.2, 0.25) is 0 Å². The van der Waals surface area contributed by atoms with Crippen molar-refractivity contribution in [3.63, 3.8) is 0 Å². The van der Waals surface area contributed by atoms with Crippen LogP contribution in [0.25, 0.3) is 0 Å². The van der Waals surface area contributed by atoms with Gasteiger partial charge in [-0.15, -0.1) is 11.3 Å². The zero-order chi connectivity index (χ0) is 23.8. The lowest BCUT2D eigenvalue weighted by atomic mass is 10.2. The predicted molar refractivity (Wildman–Crippen MR) is 117 cm³/mol. The van der Waals surface area contributed by atoms with Crippen molar-refractivity contribution in [2.45, 2.75) is 36.6 Å². The number of carbonyl (C=O) groups is 4. The third-order valence-electron chi connectivity index (χ3n) is 2.93. The van der Waals surface area contributed by atoms with Crippen LogP contribution >= 0.6 is 46.1 Å². The van der Waals surface area contributed by atoms with Gasteiger partial charge in [0.25, 0.3) is 9.70 Å². The highest BCUT2D eigenvalue weighted by Crippen LogP contribution is 2.25. The number of carboxylic acids is 1. The first kappa shape index (κ1) is 26.9. The average molecular weight is 517 g/mol. The van der Waals surface area contributed by atoms with Crippen LogP contribution in [-0.4, -0.2) is 62.3 Å². The lowest BCUT2D eigenvalue weighted by molar-refractivity contribution is -0.129. The number of nitrogens with zero attached hydrogens (tertiary/aromatic N) is 2. The fourth-order valence-corrected chi connectivity index (χ4v) is 2.60. The first-order chi connectivity index (χ1) is 14.2. The van der Waals surface area contributed by atoms with Crippen molar-refractivity contribution >= 4 is 81.0 Å². The summed E-state index contributed by atoms with van der Waals surface area (Å²) >= 11 is 17.0. The Balaban J connectivity index is 2.58. The number of anilines is 1. The number of ether oxygens (including phenoxy) is 1. The van der Waals surface area contributed by atoms with Gasteiger partial charge in [0.05, 0.1) is 0 Å². The molecule has 172 valence electrons. The predicted octanol–water partition coefficient (Wildman–Crippen LogP) is 2.95. The van der Waals surface area contributed by atoms with Crippen LogP contribution in [-0.2, 0) is 14.3 Å². The van der Waals surface area contributed by atoms with Crippen LogP contribution in [0.4, 0.5) is 14.7 Å². The van der Waals surface area contributed by atoms with E-state index in [4.69, 9.17) is 39.5 Å². The lowest BCUT2D eigenvalue weighted by Gasteiger charge is -2.18. The summed E-state index contributed by atoms with van der Waals surface area (Å²) in [5.41, 5.74) is -0.955. The number of carbonyl (C=O) groups excluding carboxylic acids is 3. The van der Waals surface area contributed by atoms with Crippen LogP contribution in [0.3, 0.4) is 0 Å². The van der Waals surface area contributed by atoms with Gasteiger partial charge in [0.1, 0.15) is 11.3 Å². The van der Waals surface area contributed by atoms with Crippen molar-refractivity contribution in [3.05, 3.63) is 11.1 Å². The number of aliphatic imine (C=N–C) groups is 1. The maximum Gasteiger partial charge on any atom is 0.413 e. The number of urea groups is 1. The minimum atomic E-state index is -2.28. The number of thiazole rings is 1. The number of imide groups is 1. The van der Waals surface area contributed by atoms with Crippen LogP contribution in [0.15, 0.2) is 10.4 Å². The summed E-state index contributed by atoms with van der Waals surface area (Å²) in [7, 11) is 0. The highest BCUT2D eigenvalue weighted by molar-refractivity contribution is 7.14. The third kappa shape index (κ3) is 10.6. The summed E-state index contributed by atoms with van der Waals surface area (Å²) in [5.74, 6) is -2.42. The Morgan fingerprint density at radius 2 is 1.87 bits per heavy atom. The Morgan fingerprint density at radius 3 is 2.42 bits per heavy atom. The van der Waals surface area contributed by atoms with Gasteiger partial charge in [-0.05, 0) is 27.2 Å². The molecular weight excluding hydrogens is 497 g/mol. The minimum Gasteiger partial charge on any atom is -0.476 e. The summed E-state index contributed by atoms with van der Waals surface area (Å²) in [5, 5.41) is 17.5. The summed E-state index contributed by atoms with van der Waals surface area (Å²) in [4.78, 5) is 54.1. The van der Waals surface area contributed by atoms with Gasteiger partial charge in [-0.2, -0.15) is 0 Å². The highest BCUT2D eigenvalue weighted by atomic mass is 35.6. The molecule has 0 atom stereocenters. The van der Waals surface area contributed by atoms with E-state index in [1.165, 1.54) is 5.38 Å². The normalized spacial score (nSPS) is 12.1. The van der Waals surface area contributed by atoms with E-state index in [-0.39, 0.29) is 36.0 Å². The summed E-state index contributed by atoms with van der Waals surface area (Å²) in [6.07, 6.45) is -0.473. The van der Waals surface area contributed by atoms with Crippen LogP contribution in [0, 0.1) is 0 Å². The average Bonchev–Trinajstić information content (AvgIpc) is 3.02. The smallest absolute Gasteiger partial charge is 0.413 e. The second-order valence-corrected chi connectivity index (χ2v) is 9.90. The van der Waals surface area contributed by atoms with E-state index < -0.39 is 33.4 Å². The maximum absolute atomic E-state index is 11.8. The van der Waals surface area contributed by atoms with Crippen molar-refractivity contribution in [3.8, 4) is 0 Å². The SMILES string of the molecule is CC(C)(C)OC(=O)Nc1nc(/C(=N/CCCNC(=O)NC(=O)C(Cl)(Cl)Cl)C(=O)O)cs1. The first-order valence-corrected chi connectivity index (χ1v) is 10.6. The number of nitrogens with one attached hydrogen (secondary N) is 3. The molecule has 1 aromatic rings. The molecule has 0 fully saturated rings. The number of hydrogen-bond acceptors (Lipinski definition) is 8. The van der Waals surface area contributed by atoms with Gasteiger partial charge >= 0.3 is 18.1 Å². The molecule has 4 N–H and O–H groups in total. The van der Waals surface area contributed by atoms with Gasteiger partial charge in [-0.25, -0.2) is 19.4 Å². The van der Waals surface area contributed by atoms with Gasteiger partial charge < -0.3 is 15.2 Å². The van der Waals surface area contributed by atoms with Crippen LogP contribution in [0.5, 0.6) is 0 Å². The largest absolute Gasteiger partial charge is 0.476 e. The fourth-order valence-electron chi connectivity index (χ4n) is 1.78. The topological polar surface area (TPSA) is 159 Å². The first-order valence-electron chi connectivity index (χ1n) is 8.58. The second kappa shape index (κ2) is 11.5. The molecule has 0 aromatic carbocycles. The molecule has 0 spiro atoms. The number of aromatic nitrogens is 1. The molecular formula is C16H20Cl3N5O6S. The van der Waals surface area contributed by atoms with Gasteiger partial charge in [0.15, 0.2) is 10.8 Å². The third-order valence-corrected chi connectivity index (χ3v) is 4.20. The number of hydrogen-bond donors (Lipinski definition) is 4. The number of carboxylic acid groups (broad SMARTS) is 1. The number of halogens is 3. The molecule has 11 nitrogen and oxygen atoms in total. The Hall–Kier alpha value is -2.15. The molecule has 0 saturated heterocycles. The van der Waals surface area contributed by atoms with Gasteiger partial charge in [-0.1, -0.05) is 34.8 Å². The van der Waals surface area contributed by atoms with E-state index in [9.17, 15) is 24.3 Å².